The third-order valence-electron chi connectivity index (χ3n) is 4.12. The first-order chi connectivity index (χ1) is 12.2. The molecule has 1 aromatic carbocycles. The number of quaternary nitrogens is 1. The number of hydrogen-bond acceptors (Lipinski definition) is 4. The van der Waals surface area contributed by atoms with Gasteiger partial charge in [-0.25, -0.2) is 0 Å². The lowest BCUT2D eigenvalue weighted by Gasteiger charge is -2.22. The number of aryl methyl sites for hydroxylation is 1. The van der Waals surface area contributed by atoms with Crippen molar-refractivity contribution in [2.75, 3.05) is 19.9 Å². The van der Waals surface area contributed by atoms with E-state index < -0.39 is 0 Å². The van der Waals surface area contributed by atoms with E-state index in [1.807, 2.05) is 28.4 Å². The first-order valence-electron chi connectivity index (χ1n) is 8.29. The molecule has 0 atom stereocenters. The largest absolute Gasteiger partial charge is 0.454 e. The average Bonchev–Trinajstić information content (AvgIpc) is 3.23. The van der Waals surface area contributed by atoms with Gasteiger partial charge in [0.1, 0.15) is 0 Å². The molecule has 0 saturated heterocycles. The number of amides is 1. The number of nitrogens with zero attached hydrogens (tertiary/aromatic N) is 1. The normalized spacial score (nSPS) is 12.2. The maximum atomic E-state index is 12.7. The molecule has 0 radical (unpaired) electrons. The Labute approximate surface area is 151 Å². The molecule has 0 spiro atoms. The molecule has 0 unspecified atom stereocenters. The fourth-order valence-corrected chi connectivity index (χ4v) is 3.61. The minimum absolute atomic E-state index is 0.118. The minimum Gasteiger partial charge on any atom is -0.454 e. The number of carbonyl (C=O) groups is 1. The molecule has 132 valence electrons. The standard InChI is InChI=1S/C19H22N2O3S/c1-3-7-20-10-19(22)21(12-18-14(2)6-8-25-18)11-15-4-5-16-17(9-15)24-13-23-16/h3-6,8-9,20H,1,7,10-13H2,2H3/p+1. The molecular formula is C19H23N2O3S+. The van der Waals surface area contributed by atoms with Crippen LogP contribution in [0.4, 0.5) is 0 Å². The van der Waals surface area contributed by atoms with Gasteiger partial charge in [-0.2, -0.15) is 0 Å². The van der Waals surface area contributed by atoms with Gasteiger partial charge in [-0.15, -0.1) is 11.3 Å². The van der Waals surface area contributed by atoms with Crippen LogP contribution in [0.3, 0.4) is 0 Å². The number of carbonyl (C=O) groups excluding carboxylic acids is 1. The van der Waals surface area contributed by atoms with Gasteiger partial charge in [0.05, 0.1) is 13.1 Å². The van der Waals surface area contributed by atoms with Gasteiger partial charge in [-0.3, -0.25) is 4.79 Å². The van der Waals surface area contributed by atoms with Crippen LogP contribution in [0.1, 0.15) is 16.0 Å². The van der Waals surface area contributed by atoms with E-state index in [0.29, 0.717) is 19.6 Å². The lowest BCUT2D eigenvalue weighted by Crippen LogP contribution is -2.86. The molecule has 6 heteroatoms. The molecule has 2 N–H and O–H groups in total. The molecule has 1 aromatic heterocycles. The first kappa shape index (κ1) is 17.5. The Morgan fingerprint density at radius 3 is 2.92 bits per heavy atom. The number of fused-ring (bicyclic) bond motifs is 1. The molecule has 1 aliphatic heterocycles. The Balaban J connectivity index is 1.74. The zero-order chi connectivity index (χ0) is 17.6. The van der Waals surface area contributed by atoms with Gasteiger partial charge in [-0.1, -0.05) is 12.6 Å². The molecule has 25 heavy (non-hydrogen) atoms. The summed E-state index contributed by atoms with van der Waals surface area (Å²) in [4.78, 5) is 15.8. The fraction of sp³-hybridized carbons (Fsp3) is 0.316. The number of nitrogens with two attached hydrogens (primary N) is 1. The van der Waals surface area contributed by atoms with E-state index in [-0.39, 0.29) is 12.7 Å². The van der Waals surface area contributed by atoms with Crippen molar-refractivity contribution in [2.45, 2.75) is 20.0 Å². The molecule has 2 heterocycles. The van der Waals surface area contributed by atoms with Crippen LogP contribution in [-0.4, -0.2) is 30.7 Å². The number of benzene rings is 1. The van der Waals surface area contributed by atoms with Gasteiger partial charge in [0, 0.05) is 11.4 Å². The highest BCUT2D eigenvalue weighted by Crippen LogP contribution is 2.33. The summed E-state index contributed by atoms with van der Waals surface area (Å²) in [7, 11) is 0. The summed E-state index contributed by atoms with van der Waals surface area (Å²) in [5.74, 6) is 1.62. The molecule has 0 fully saturated rings. The second-order valence-corrected chi connectivity index (χ2v) is 6.98. The van der Waals surface area contributed by atoms with Crippen LogP contribution in [0.2, 0.25) is 0 Å². The third kappa shape index (κ3) is 4.41. The van der Waals surface area contributed by atoms with Gasteiger partial charge in [0.25, 0.3) is 5.91 Å². The van der Waals surface area contributed by atoms with Gasteiger partial charge >= 0.3 is 0 Å². The molecule has 0 saturated carbocycles. The summed E-state index contributed by atoms with van der Waals surface area (Å²) in [5, 5.41) is 4.03. The molecule has 1 aliphatic rings. The Kier molecular flexibility index (Phi) is 5.73. The van der Waals surface area contributed by atoms with Gasteiger partial charge in [0.2, 0.25) is 6.79 Å². The third-order valence-corrected chi connectivity index (χ3v) is 5.13. The summed E-state index contributed by atoms with van der Waals surface area (Å²) in [6, 6.07) is 7.94. The number of rotatable bonds is 8. The molecule has 0 bridgehead atoms. The molecular weight excluding hydrogens is 336 g/mol. The predicted molar refractivity (Wildman–Crippen MR) is 97.7 cm³/mol. The van der Waals surface area contributed by atoms with Crippen molar-refractivity contribution in [1.29, 1.82) is 0 Å². The summed E-state index contributed by atoms with van der Waals surface area (Å²) >= 11 is 1.69. The van der Waals surface area contributed by atoms with Crippen molar-refractivity contribution in [3.05, 3.63) is 58.3 Å². The summed E-state index contributed by atoms with van der Waals surface area (Å²) in [6.45, 7) is 8.36. The van der Waals surface area contributed by atoms with E-state index >= 15 is 0 Å². The van der Waals surface area contributed by atoms with Crippen LogP contribution in [0.5, 0.6) is 11.5 Å². The molecule has 5 nitrogen and oxygen atoms in total. The van der Waals surface area contributed by atoms with E-state index in [1.54, 1.807) is 17.4 Å². The Morgan fingerprint density at radius 2 is 2.16 bits per heavy atom. The molecule has 1 amide bonds. The van der Waals surface area contributed by atoms with Crippen molar-refractivity contribution in [3.8, 4) is 11.5 Å². The smallest absolute Gasteiger partial charge is 0.278 e. The summed E-state index contributed by atoms with van der Waals surface area (Å²) in [6.07, 6.45) is 1.80. The summed E-state index contributed by atoms with van der Waals surface area (Å²) < 4.78 is 10.8. The van der Waals surface area contributed by atoms with Crippen LogP contribution >= 0.6 is 11.3 Å². The SMILES string of the molecule is C=CC[NH2+]CC(=O)N(Cc1ccc2c(c1)OCO2)Cc1sccc1C. The average molecular weight is 359 g/mol. The highest BCUT2D eigenvalue weighted by atomic mass is 32.1. The first-order valence-corrected chi connectivity index (χ1v) is 9.17. The van der Waals surface area contributed by atoms with Crippen LogP contribution in [0, 0.1) is 6.92 Å². The van der Waals surface area contributed by atoms with Crippen molar-refractivity contribution in [2.24, 2.45) is 0 Å². The Hall–Kier alpha value is -2.31. The van der Waals surface area contributed by atoms with Gasteiger partial charge in [0.15, 0.2) is 18.0 Å². The van der Waals surface area contributed by atoms with Crippen LogP contribution in [-0.2, 0) is 17.9 Å². The number of thiophene rings is 1. The van der Waals surface area contributed by atoms with E-state index in [2.05, 4.69) is 24.9 Å². The maximum Gasteiger partial charge on any atom is 0.278 e. The lowest BCUT2D eigenvalue weighted by atomic mass is 10.1. The van der Waals surface area contributed by atoms with E-state index in [9.17, 15) is 4.79 Å². The van der Waals surface area contributed by atoms with Crippen LogP contribution in [0.15, 0.2) is 42.3 Å². The van der Waals surface area contributed by atoms with Crippen molar-refractivity contribution in [3.63, 3.8) is 0 Å². The number of hydrogen-bond donors (Lipinski definition) is 1. The monoisotopic (exact) mass is 359 g/mol. The molecule has 0 aliphatic carbocycles. The van der Waals surface area contributed by atoms with E-state index in [0.717, 1.165) is 23.6 Å². The van der Waals surface area contributed by atoms with Crippen LogP contribution < -0.4 is 14.8 Å². The summed E-state index contributed by atoms with van der Waals surface area (Å²) in [5.41, 5.74) is 2.26. The second kappa shape index (κ2) is 8.18. The highest BCUT2D eigenvalue weighted by molar-refractivity contribution is 7.10. The van der Waals surface area contributed by atoms with Crippen molar-refractivity contribution in [1.82, 2.24) is 4.90 Å². The highest BCUT2D eigenvalue weighted by Gasteiger charge is 2.19. The molecule has 2 aromatic rings. The molecule has 3 rings (SSSR count). The number of ether oxygens (including phenoxy) is 2. The van der Waals surface area contributed by atoms with E-state index in [1.165, 1.54) is 10.4 Å². The second-order valence-electron chi connectivity index (χ2n) is 5.98. The van der Waals surface area contributed by atoms with Gasteiger partial charge < -0.3 is 19.7 Å². The quantitative estimate of drug-likeness (QED) is 0.580. The maximum absolute atomic E-state index is 12.7. The minimum atomic E-state index is 0.118. The van der Waals surface area contributed by atoms with E-state index in [4.69, 9.17) is 9.47 Å². The Bertz CT molecular complexity index is 757. The zero-order valence-corrected chi connectivity index (χ0v) is 15.2. The fourth-order valence-electron chi connectivity index (χ4n) is 2.69. The zero-order valence-electron chi connectivity index (χ0n) is 14.4. The van der Waals surface area contributed by atoms with Crippen LogP contribution in [0.25, 0.3) is 0 Å². The predicted octanol–water partition coefficient (Wildman–Crippen LogP) is 2.06. The van der Waals surface area contributed by atoms with Crippen molar-refractivity contribution >= 4 is 17.2 Å². The Morgan fingerprint density at radius 1 is 1.32 bits per heavy atom. The topological polar surface area (TPSA) is 55.4 Å². The lowest BCUT2D eigenvalue weighted by molar-refractivity contribution is -0.635. The van der Waals surface area contributed by atoms with Gasteiger partial charge in [-0.05, 0) is 47.7 Å². The van der Waals surface area contributed by atoms with Crippen molar-refractivity contribution < 1.29 is 19.6 Å².